The Morgan fingerprint density at radius 1 is 1.38 bits per heavy atom. The minimum Gasteiger partial charge on any atom is -0.378 e. The number of anilines is 1. The van der Waals surface area contributed by atoms with E-state index in [0.29, 0.717) is 24.0 Å². The van der Waals surface area contributed by atoms with E-state index < -0.39 is 5.91 Å². The SMILES string of the molecule is C/C(=N/NC(=O)c1nnn(-c2nonc2N)c1CN1CCCCC1C)c1cccc(Br)c1. The average Bonchev–Trinajstić information content (AvgIpc) is 3.39. The van der Waals surface area contributed by atoms with Gasteiger partial charge in [0.25, 0.3) is 5.91 Å². The second-order valence-corrected chi connectivity index (χ2v) is 8.65. The highest BCUT2D eigenvalue weighted by molar-refractivity contribution is 9.10. The van der Waals surface area contributed by atoms with Gasteiger partial charge in [-0.3, -0.25) is 9.69 Å². The Kier molecular flexibility index (Phi) is 6.61. The van der Waals surface area contributed by atoms with E-state index in [9.17, 15) is 4.79 Å². The zero-order chi connectivity index (χ0) is 22.7. The van der Waals surface area contributed by atoms with Crippen LogP contribution in [0.1, 0.15) is 54.9 Å². The van der Waals surface area contributed by atoms with Crippen LogP contribution in [-0.4, -0.2) is 54.4 Å². The molecule has 3 heterocycles. The van der Waals surface area contributed by atoms with Crippen LogP contribution in [0.25, 0.3) is 5.82 Å². The number of carbonyl (C=O) groups is 1. The van der Waals surface area contributed by atoms with Crippen molar-refractivity contribution in [1.82, 2.24) is 35.6 Å². The lowest BCUT2D eigenvalue weighted by Gasteiger charge is -2.33. The van der Waals surface area contributed by atoms with Crippen LogP contribution >= 0.6 is 15.9 Å². The largest absolute Gasteiger partial charge is 0.378 e. The molecule has 1 amide bonds. The predicted octanol–water partition coefficient (Wildman–Crippen LogP) is 2.52. The molecule has 4 rings (SSSR count). The number of hydrogen-bond donors (Lipinski definition) is 2. The number of nitrogens with zero attached hydrogens (tertiary/aromatic N) is 7. The number of hydrogen-bond acceptors (Lipinski definition) is 9. The third-order valence-corrected chi connectivity index (χ3v) is 6.03. The van der Waals surface area contributed by atoms with Crippen molar-refractivity contribution in [3.63, 3.8) is 0 Å². The van der Waals surface area contributed by atoms with Crippen LogP contribution in [0, 0.1) is 0 Å². The molecule has 3 N–H and O–H groups in total. The Balaban J connectivity index is 1.62. The summed E-state index contributed by atoms with van der Waals surface area (Å²) >= 11 is 3.44. The van der Waals surface area contributed by atoms with Gasteiger partial charge in [-0.1, -0.05) is 39.7 Å². The van der Waals surface area contributed by atoms with E-state index in [1.54, 1.807) is 0 Å². The Labute approximate surface area is 193 Å². The van der Waals surface area contributed by atoms with Crippen LogP contribution in [0.4, 0.5) is 5.82 Å². The molecule has 168 valence electrons. The molecule has 1 aromatic carbocycles. The molecule has 1 aliphatic rings. The van der Waals surface area contributed by atoms with Crippen LogP contribution in [0.3, 0.4) is 0 Å². The molecule has 1 saturated heterocycles. The number of piperidine rings is 1. The van der Waals surface area contributed by atoms with Crippen molar-refractivity contribution in [2.45, 2.75) is 45.7 Å². The van der Waals surface area contributed by atoms with Gasteiger partial charge in [0.15, 0.2) is 5.69 Å². The highest BCUT2D eigenvalue weighted by Crippen LogP contribution is 2.23. The highest BCUT2D eigenvalue weighted by atomic mass is 79.9. The topological polar surface area (TPSA) is 140 Å². The molecule has 0 radical (unpaired) electrons. The van der Waals surface area contributed by atoms with Crippen molar-refractivity contribution in [3.8, 4) is 5.82 Å². The van der Waals surface area contributed by atoms with Gasteiger partial charge in [0.1, 0.15) is 0 Å². The van der Waals surface area contributed by atoms with E-state index in [4.69, 9.17) is 10.4 Å². The van der Waals surface area contributed by atoms with Gasteiger partial charge in [0.2, 0.25) is 11.6 Å². The van der Waals surface area contributed by atoms with Gasteiger partial charge in [-0.05, 0) is 61.2 Å². The second-order valence-electron chi connectivity index (χ2n) is 7.73. The Bertz CT molecular complexity index is 1140. The summed E-state index contributed by atoms with van der Waals surface area (Å²) in [6.07, 6.45) is 3.37. The number of hydrazone groups is 1. The summed E-state index contributed by atoms with van der Waals surface area (Å²) in [5.41, 5.74) is 10.7. The van der Waals surface area contributed by atoms with E-state index in [2.05, 4.69) is 58.9 Å². The van der Waals surface area contributed by atoms with E-state index in [1.165, 1.54) is 11.1 Å². The van der Waals surface area contributed by atoms with Gasteiger partial charge in [-0.15, -0.1) is 5.10 Å². The number of nitrogens with two attached hydrogens (primary N) is 1. The quantitative estimate of drug-likeness (QED) is 0.387. The Hall–Kier alpha value is -3.12. The molecular weight excluding hydrogens is 478 g/mol. The first-order chi connectivity index (χ1) is 15.4. The van der Waals surface area contributed by atoms with Gasteiger partial charge in [0, 0.05) is 17.1 Å². The van der Waals surface area contributed by atoms with Crippen LogP contribution in [0.2, 0.25) is 0 Å². The maximum Gasteiger partial charge on any atom is 0.293 e. The van der Waals surface area contributed by atoms with E-state index in [0.717, 1.165) is 29.4 Å². The number of aromatic nitrogens is 5. The monoisotopic (exact) mass is 501 g/mol. The Morgan fingerprint density at radius 3 is 2.94 bits per heavy atom. The zero-order valence-corrected chi connectivity index (χ0v) is 19.4. The normalized spacial score (nSPS) is 17.5. The zero-order valence-electron chi connectivity index (χ0n) is 17.8. The summed E-state index contributed by atoms with van der Waals surface area (Å²) < 4.78 is 7.06. The van der Waals surface area contributed by atoms with Gasteiger partial charge < -0.3 is 5.73 Å². The molecule has 1 fully saturated rings. The molecule has 0 bridgehead atoms. The van der Waals surface area contributed by atoms with Crippen molar-refractivity contribution < 1.29 is 9.42 Å². The first-order valence-corrected chi connectivity index (χ1v) is 11.1. The molecule has 2 aromatic heterocycles. The van der Waals surface area contributed by atoms with E-state index in [1.807, 2.05) is 31.2 Å². The van der Waals surface area contributed by atoms with Crippen LogP contribution in [-0.2, 0) is 6.54 Å². The fourth-order valence-corrected chi connectivity index (χ4v) is 4.08. The maximum atomic E-state index is 13.0. The van der Waals surface area contributed by atoms with E-state index >= 15 is 0 Å². The van der Waals surface area contributed by atoms with Crippen molar-refractivity contribution >= 4 is 33.4 Å². The van der Waals surface area contributed by atoms with Crippen molar-refractivity contribution in [2.75, 3.05) is 12.3 Å². The van der Waals surface area contributed by atoms with Gasteiger partial charge in [-0.2, -0.15) is 9.78 Å². The minimum absolute atomic E-state index is 0.0679. The molecule has 32 heavy (non-hydrogen) atoms. The summed E-state index contributed by atoms with van der Waals surface area (Å²) in [6, 6.07) is 8.03. The molecule has 11 nitrogen and oxygen atoms in total. The number of nitrogens with one attached hydrogen (secondary N) is 1. The molecular formula is C20H24BrN9O2. The molecule has 0 saturated carbocycles. The van der Waals surface area contributed by atoms with Crippen LogP contribution in [0.15, 0.2) is 38.5 Å². The summed E-state index contributed by atoms with van der Waals surface area (Å²) in [4.78, 5) is 15.3. The highest BCUT2D eigenvalue weighted by Gasteiger charge is 2.28. The number of nitrogen functional groups attached to an aromatic ring is 1. The maximum absolute atomic E-state index is 13.0. The third kappa shape index (κ3) is 4.70. The lowest BCUT2D eigenvalue weighted by Crippen LogP contribution is -2.38. The number of benzene rings is 1. The van der Waals surface area contributed by atoms with Gasteiger partial charge in [-0.25, -0.2) is 10.1 Å². The lowest BCUT2D eigenvalue weighted by molar-refractivity contribution is 0.0944. The summed E-state index contributed by atoms with van der Waals surface area (Å²) in [5.74, 6) is -0.205. The number of carbonyl (C=O) groups excluding carboxylic acids is 1. The van der Waals surface area contributed by atoms with Crippen molar-refractivity contribution in [3.05, 3.63) is 45.7 Å². The number of halogens is 1. The van der Waals surface area contributed by atoms with Crippen molar-refractivity contribution in [1.29, 1.82) is 0 Å². The molecule has 1 unspecified atom stereocenters. The molecule has 0 spiro atoms. The van der Waals surface area contributed by atoms with Crippen LogP contribution < -0.4 is 11.2 Å². The van der Waals surface area contributed by atoms with E-state index in [-0.39, 0.29) is 17.3 Å². The molecule has 1 aliphatic heterocycles. The molecule has 1 atom stereocenters. The van der Waals surface area contributed by atoms with Crippen LogP contribution in [0.5, 0.6) is 0 Å². The second kappa shape index (κ2) is 9.57. The first-order valence-electron chi connectivity index (χ1n) is 10.3. The fourth-order valence-electron chi connectivity index (χ4n) is 3.68. The molecule has 3 aromatic rings. The minimum atomic E-state index is -0.472. The predicted molar refractivity (Wildman–Crippen MR) is 121 cm³/mol. The number of amides is 1. The molecule has 0 aliphatic carbocycles. The lowest BCUT2D eigenvalue weighted by atomic mass is 10.0. The standard InChI is InChI=1S/C20H24BrN9O2/c1-12-6-3-4-9-29(12)11-16-17(24-28-30(16)19-18(22)26-32-27-19)20(31)25-23-13(2)14-7-5-8-15(21)10-14/h5,7-8,10,12H,3-4,6,9,11H2,1-2H3,(H2,22,26)(H,25,31)/b23-13-. The smallest absolute Gasteiger partial charge is 0.293 e. The number of rotatable bonds is 6. The first kappa shape index (κ1) is 22.1. The summed E-state index contributed by atoms with van der Waals surface area (Å²) in [5, 5.41) is 19.9. The van der Waals surface area contributed by atoms with Gasteiger partial charge in [0.05, 0.1) is 11.4 Å². The van der Waals surface area contributed by atoms with Crippen molar-refractivity contribution in [2.24, 2.45) is 5.10 Å². The van der Waals surface area contributed by atoms with Gasteiger partial charge >= 0.3 is 0 Å². The average molecular weight is 502 g/mol. The summed E-state index contributed by atoms with van der Waals surface area (Å²) in [6.45, 7) is 5.36. The Morgan fingerprint density at radius 2 is 2.22 bits per heavy atom. The third-order valence-electron chi connectivity index (χ3n) is 5.54. The number of likely N-dealkylation sites (tertiary alicyclic amines) is 1. The molecule has 12 heteroatoms. The fraction of sp³-hybridized carbons (Fsp3) is 0.400. The summed E-state index contributed by atoms with van der Waals surface area (Å²) in [7, 11) is 0.